The number of likely N-dealkylation sites (tertiary alicyclic amines) is 1. The number of cyclic esters (lactones) is 2. The van der Waals surface area contributed by atoms with Crippen LogP contribution in [-0.4, -0.2) is 185 Å². The molecule has 10 atom stereocenters. The maximum atomic E-state index is 14.7. The number of aliphatic hydroxyl groups excluding tert-OH is 2. The van der Waals surface area contributed by atoms with Gasteiger partial charge in [0.1, 0.15) is 54.7 Å². The normalized spacial score (nSPS) is 26.2. The molecule has 0 aliphatic carbocycles. The number of amides is 7. The first kappa shape index (κ1) is 59.7. The minimum atomic E-state index is -1.69. The Hall–Kier alpha value is -5.83. The van der Waals surface area contributed by atoms with Crippen molar-refractivity contribution < 1.29 is 67.6 Å². The van der Waals surface area contributed by atoms with Crippen LogP contribution in [0.25, 0.3) is 0 Å². The van der Waals surface area contributed by atoms with E-state index in [2.05, 4.69) is 16.0 Å². The summed E-state index contributed by atoms with van der Waals surface area (Å²) in [6, 6.07) is -1.80. The topological polar surface area (TPSA) is 271 Å². The molecule has 0 radical (unpaired) electrons. The van der Waals surface area contributed by atoms with Crippen LogP contribution in [-0.2, 0) is 59.0 Å². The van der Waals surface area contributed by atoms with Crippen LogP contribution in [0, 0.1) is 23.7 Å². The quantitative estimate of drug-likeness (QED) is 0.165. The lowest BCUT2D eigenvalue weighted by molar-refractivity contribution is -0.161. The number of hydrogen-bond donors (Lipinski definition) is 5. The van der Waals surface area contributed by atoms with Crippen LogP contribution in [0.4, 0.5) is 0 Å². The molecule has 7 amide bonds. The zero-order valence-corrected chi connectivity index (χ0v) is 44.8. The first-order valence-electron chi connectivity index (χ1n) is 25.7. The van der Waals surface area contributed by atoms with Crippen molar-refractivity contribution in [2.75, 3.05) is 40.9 Å². The molecular weight excluding hydrogens is 947 g/mol. The predicted octanol–water partition coefficient (Wildman–Crippen LogP) is 1.33. The third-order valence-corrected chi connectivity index (χ3v) is 13.8. The number of carbonyl (C=O) groups is 9. The molecule has 0 bridgehead atoms. The lowest BCUT2D eigenvalue weighted by atomic mass is 9.95. The van der Waals surface area contributed by atoms with Gasteiger partial charge < -0.3 is 60.0 Å². The average molecular weight is 1030 g/mol. The summed E-state index contributed by atoms with van der Waals surface area (Å²) < 4.78 is 16.9. The van der Waals surface area contributed by atoms with E-state index in [0.29, 0.717) is 30.6 Å². The van der Waals surface area contributed by atoms with Gasteiger partial charge >= 0.3 is 11.9 Å². The first-order chi connectivity index (χ1) is 34.3. The second kappa shape index (κ2) is 26.9. The number of nitrogens with zero attached hydrogens (tertiary/aromatic N) is 4. The number of likely N-dealkylation sites (N-methyl/N-ethyl adjacent to an activating group) is 2. The van der Waals surface area contributed by atoms with Gasteiger partial charge in [0, 0.05) is 33.6 Å². The molecule has 3 aliphatic rings. The molecule has 73 heavy (non-hydrogen) atoms. The number of carbonyl (C=O) groups excluding carboxylic acids is 9. The Bertz CT molecular complexity index is 2120. The molecule has 3 fully saturated rings. The van der Waals surface area contributed by atoms with Gasteiger partial charge in [0.05, 0.1) is 25.7 Å². The fourth-order valence-electron chi connectivity index (χ4n) is 9.65. The first-order valence-corrected chi connectivity index (χ1v) is 25.7. The molecule has 0 aromatic heterocycles. The van der Waals surface area contributed by atoms with Crippen molar-refractivity contribution in [3.8, 4) is 5.75 Å². The molecule has 1 aromatic carbocycles. The van der Waals surface area contributed by atoms with Gasteiger partial charge in [-0.25, -0.2) is 4.79 Å². The maximum Gasteiger partial charge on any atom is 0.329 e. The van der Waals surface area contributed by atoms with Crippen LogP contribution in [0.1, 0.15) is 113 Å². The van der Waals surface area contributed by atoms with E-state index < -0.39 is 139 Å². The van der Waals surface area contributed by atoms with Gasteiger partial charge in [-0.1, -0.05) is 67.5 Å². The van der Waals surface area contributed by atoms with Crippen molar-refractivity contribution in [1.82, 2.24) is 35.6 Å². The molecule has 408 valence electrons. The Labute approximate surface area is 429 Å². The second-order valence-corrected chi connectivity index (χ2v) is 21.3. The predicted molar refractivity (Wildman–Crippen MR) is 267 cm³/mol. The van der Waals surface area contributed by atoms with E-state index in [1.807, 2.05) is 27.7 Å². The number of esters is 2. The maximum absolute atomic E-state index is 14.7. The highest BCUT2D eigenvalue weighted by atomic mass is 16.6. The zero-order valence-electron chi connectivity index (χ0n) is 44.8. The number of ether oxygens (including phenoxy) is 3. The number of hydrogen-bond acceptors (Lipinski definition) is 14. The highest BCUT2D eigenvalue weighted by Gasteiger charge is 2.44. The van der Waals surface area contributed by atoms with Crippen LogP contribution < -0.4 is 20.7 Å². The van der Waals surface area contributed by atoms with Gasteiger partial charge in [-0.2, -0.15) is 0 Å². The van der Waals surface area contributed by atoms with Crippen LogP contribution in [0.5, 0.6) is 5.75 Å². The summed E-state index contributed by atoms with van der Waals surface area (Å²) >= 11 is 0. The van der Waals surface area contributed by atoms with E-state index in [1.54, 1.807) is 52.0 Å². The van der Waals surface area contributed by atoms with Crippen LogP contribution in [0.15, 0.2) is 24.3 Å². The number of benzene rings is 1. The number of fused-ring (bicyclic) bond motifs is 1. The molecule has 0 spiro atoms. The standard InChI is InChI=1S/C52H81N7O14/c1-28(2)23-35-49(67)59-22-14-16-38(59)51(69)57(11)40(25-33-17-19-34(71-12)20-18-33)52(70)72-27-36(45(63)55-43(30(5)6)41(61)26-42(62)73-44(31(7)8)47(65)53-35)54-46(64)39(24-29(3)4)56(10)50(68)37-15-13-21-58(37)48(66)32(9)60/h17-20,28-32,35-41,43-44,60-61H,13-16,21-27H2,1-12H3,(H,53,65)(H,54,64)(H,55,63)/t32-,35-,36-,37-,38?,39+,40-,41-,43+,44-/m0/s1. The molecule has 3 heterocycles. The van der Waals surface area contributed by atoms with Crippen molar-refractivity contribution in [3.05, 3.63) is 29.8 Å². The van der Waals surface area contributed by atoms with Gasteiger partial charge in [0.15, 0.2) is 6.10 Å². The highest BCUT2D eigenvalue weighted by molar-refractivity contribution is 5.96. The molecule has 21 heteroatoms. The van der Waals surface area contributed by atoms with E-state index in [4.69, 9.17) is 14.2 Å². The molecule has 3 saturated heterocycles. The third kappa shape index (κ3) is 15.8. The number of aliphatic hydroxyl groups is 2. The smallest absolute Gasteiger partial charge is 0.329 e. The summed E-state index contributed by atoms with van der Waals surface area (Å²) in [7, 11) is 4.32. The monoisotopic (exact) mass is 1030 g/mol. The van der Waals surface area contributed by atoms with Gasteiger partial charge in [-0.3, -0.25) is 38.4 Å². The van der Waals surface area contributed by atoms with E-state index in [9.17, 15) is 53.4 Å². The van der Waals surface area contributed by atoms with Gasteiger partial charge in [-0.05, 0) is 86.8 Å². The van der Waals surface area contributed by atoms with Crippen molar-refractivity contribution in [3.63, 3.8) is 0 Å². The number of nitrogens with one attached hydrogen (secondary N) is 3. The van der Waals surface area contributed by atoms with Crippen LogP contribution >= 0.6 is 0 Å². The van der Waals surface area contributed by atoms with Crippen molar-refractivity contribution in [1.29, 1.82) is 0 Å². The summed E-state index contributed by atoms with van der Waals surface area (Å²) in [5, 5.41) is 29.8. The number of methoxy groups -OCH3 is 1. The summed E-state index contributed by atoms with van der Waals surface area (Å²) in [4.78, 5) is 133. The second-order valence-electron chi connectivity index (χ2n) is 21.3. The van der Waals surface area contributed by atoms with Gasteiger partial charge in [-0.15, -0.1) is 0 Å². The van der Waals surface area contributed by atoms with Crippen molar-refractivity contribution in [2.45, 2.75) is 174 Å². The molecule has 5 N–H and O–H groups in total. The molecule has 0 saturated carbocycles. The molecule has 21 nitrogen and oxygen atoms in total. The highest BCUT2D eigenvalue weighted by Crippen LogP contribution is 2.26. The Morgan fingerprint density at radius 3 is 2.08 bits per heavy atom. The number of rotatable bonds is 14. The molecule has 3 aliphatic heterocycles. The fourth-order valence-corrected chi connectivity index (χ4v) is 9.65. The Balaban J connectivity index is 1.81. The average Bonchev–Trinajstić information content (AvgIpc) is 4.03. The molecule has 1 unspecified atom stereocenters. The largest absolute Gasteiger partial charge is 0.497 e. The van der Waals surface area contributed by atoms with Crippen LogP contribution in [0.3, 0.4) is 0 Å². The van der Waals surface area contributed by atoms with Gasteiger partial charge in [0.25, 0.3) is 11.8 Å². The summed E-state index contributed by atoms with van der Waals surface area (Å²) in [6.07, 6.45) is -3.40. The summed E-state index contributed by atoms with van der Waals surface area (Å²) in [5.41, 5.74) is 0.597. The summed E-state index contributed by atoms with van der Waals surface area (Å²) in [6.45, 7) is 14.9. The van der Waals surface area contributed by atoms with E-state index in [1.165, 1.54) is 47.7 Å². The van der Waals surface area contributed by atoms with E-state index >= 15 is 0 Å². The zero-order chi connectivity index (χ0) is 54.6. The van der Waals surface area contributed by atoms with E-state index in [-0.39, 0.29) is 50.6 Å². The Morgan fingerprint density at radius 1 is 0.863 bits per heavy atom. The lowest BCUT2D eigenvalue weighted by Crippen LogP contribution is -2.60. The van der Waals surface area contributed by atoms with Crippen molar-refractivity contribution >= 4 is 53.3 Å². The fraction of sp³-hybridized carbons (Fsp3) is 0.712. The molecule has 4 rings (SSSR count). The van der Waals surface area contributed by atoms with Crippen LogP contribution in [0.2, 0.25) is 0 Å². The summed E-state index contributed by atoms with van der Waals surface area (Å²) in [5.74, 6) is -7.66. The van der Waals surface area contributed by atoms with Gasteiger partial charge in [0.2, 0.25) is 29.5 Å². The Kier molecular flexibility index (Phi) is 22.0. The Morgan fingerprint density at radius 2 is 1.51 bits per heavy atom. The SMILES string of the molecule is COc1ccc(C[C@H]2C(=O)OC[C@H](NC(=O)[C@@H](CC(C)C)N(C)C(=O)[C@@H]3CCCN3C(=O)[C@H](C)O)C(=O)N[C@H](C(C)C)[C@@H](O)CC(=O)O[C@@H](C(C)C)C(=O)N[C@@H](CC(C)C)C(=O)N3CCCC3C(=O)N2C)cc1. The lowest BCUT2D eigenvalue weighted by Gasteiger charge is -2.35. The molecular formula is C52H81N7O14. The molecule has 1 aromatic rings. The minimum Gasteiger partial charge on any atom is -0.497 e. The minimum absolute atomic E-state index is 0.0909. The third-order valence-electron chi connectivity index (χ3n) is 13.8. The van der Waals surface area contributed by atoms with Crippen molar-refractivity contribution in [2.24, 2.45) is 23.7 Å². The van der Waals surface area contributed by atoms with E-state index in [0.717, 1.165) is 0 Å².